The minimum absolute atomic E-state index is 0.584. The van der Waals surface area contributed by atoms with E-state index in [9.17, 15) is 5.11 Å². The van der Waals surface area contributed by atoms with Gasteiger partial charge in [0.1, 0.15) is 0 Å². The fourth-order valence-electron chi connectivity index (χ4n) is 1.63. The van der Waals surface area contributed by atoms with Crippen molar-refractivity contribution in [2.24, 2.45) is 5.92 Å². The van der Waals surface area contributed by atoms with Crippen LogP contribution in [0.3, 0.4) is 0 Å². The molecular weight excluding hydrogens is 287 g/mol. The molecule has 0 aliphatic heterocycles. The second-order valence-electron chi connectivity index (χ2n) is 4.83. The summed E-state index contributed by atoms with van der Waals surface area (Å²) in [7, 11) is 0. The van der Waals surface area contributed by atoms with Gasteiger partial charge in [0.25, 0.3) is 0 Å². The maximum Gasteiger partial charge on any atom is 0.0883 e. The number of hydrogen-bond donors (Lipinski definition) is 1. The van der Waals surface area contributed by atoms with E-state index in [1.807, 2.05) is 25.1 Å². The summed E-state index contributed by atoms with van der Waals surface area (Å²) in [6, 6.07) is 5.61. The van der Waals surface area contributed by atoms with Crippen molar-refractivity contribution in [3.63, 3.8) is 0 Å². The molecule has 0 aliphatic carbocycles. The first-order valence-corrected chi connectivity index (χ1v) is 6.68. The highest BCUT2D eigenvalue weighted by Gasteiger charge is 2.25. The summed E-state index contributed by atoms with van der Waals surface area (Å²) >= 11 is 9.50. The summed E-state index contributed by atoms with van der Waals surface area (Å²) in [6.45, 7) is 6.13. The van der Waals surface area contributed by atoms with Crippen molar-refractivity contribution < 1.29 is 5.11 Å². The summed E-state index contributed by atoms with van der Waals surface area (Å²) < 4.78 is 0.931. The van der Waals surface area contributed by atoms with Crippen LogP contribution in [0.15, 0.2) is 22.7 Å². The largest absolute Gasteiger partial charge is 0.385 e. The van der Waals surface area contributed by atoms with E-state index in [1.165, 1.54) is 0 Å². The van der Waals surface area contributed by atoms with Crippen LogP contribution >= 0.6 is 27.5 Å². The lowest BCUT2D eigenvalue weighted by Crippen LogP contribution is -2.22. The molecule has 1 aromatic carbocycles. The third-order valence-corrected chi connectivity index (χ3v) is 3.53. The van der Waals surface area contributed by atoms with Gasteiger partial charge in [-0.3, -0.25) is 0 Å². The SMILES string of the molecule is CC(C)CCC(C)(O)c1ccc(Br)cc1Cl. The molecule has 1 rings (SSSR count). The molecule has 90 valence electrons. The van der Waals surface area contributed by atoms with E-state index < -0.39 is 5.60 Å². The van der Waals surface area contributed by atoms with Crippen LogP contribution in [0.2, 0.25) is 5.02 Å². The molecule has 1 unspecified atom stereocenters. The quantitative estimate of drug-likeness (QED) is 0.851. The zero-order chi connectivity index (χ0) is 12.3. The van der Waals surface area contributed by atoms with Gasteiger partial charge < -0.3 is 5.11 Å². The molecule has 0 aromatic heterocycles. The van der Waals surface area contributed by atoms with Gasteiger partial charge in [0.2, 0.25) is 0 Å². The van der Waals surface area contributed by atoms with E-state index in [2.05, 4.69) is 29.8 Å². The van der Waals surface area contributed by atoms with Crippen molar-refractivity contribution in [3.8, 4) is 0 Å². The monoisotopic (exact) mass is 304 g/mol. The van der Waals surface area contributed by atoms with Gasteiger partial charge >= 0.3 is 0 Å². The van der Waals surface area contributed by atoms with Crippen LogP contribution in [-0.2, 0) is 5.60 Å². The number of rotatable bonds is 4. The smallest absolute Gasteiger partial charge is 0.0883 e. The van der Waals surface area contributed by atoms with Gasteiger partial charge in [-0.05, 0) is 37.8 Å². The fourth-order valence-corrected chi connectivity index (χ4v) is 2.51. The highest BCUT2D eigenvalue weighted by molar-refractivity contribution is 9.10. The van der Waals surface area contributed by atoms with Gasteiger partial charge in [0, 0.05) is 15.1 Å². The number of benzene rings is 1. The predicted molar refractivity (Wildman–Crippen MR) is 72.8 cm³/mol. The van der Waals surface area contributed by atoms with Gasteiger partial charge in [-0.1, -0.05) is 47.4 Å². The molecule has 0 radical (unpaired) electrons. The van der Waals surface area contributed by atoms with E-state index in [0.717, 1.165) is 22.9 Å². The number of aliphatic hydroxyl groups is 1. The lowest BCUT2D eigenvalue weighted by Gasteiger charge is -2.26. The first-order chi connectivity index (χ1) is 7.33. The summed E-state index contributed by atoms with van der Waals surface area (Å²) in [5.74, 6) is 0.584. The second kappa shape index (κ2) is 5.52. The molecular formula is C13H18BrClO. The Hall–Kier alpha value is -0.0500. The minimum Gasteiger partial charge on any atom is -0.385 e. The maximum atomic E-state index is 10.4. The van der Waals surface area contributed by atoms with Gasteiger partial charge in [-0.15, -0.1) is 0 Å². The Labute approximate surface area is 111 Å². The molecule has 0 aliphatic rings. The maximum absolute atomic E-state index is 10.4. The third-order valence-electron chi connectivity index (χ3n) is 2.72. The summed E-state index contributed by atoms with van der Waals surface area (Å²) in [5.41, 5.74) is -0.0415. The molecule has 0 bridgehead atoms. The molecule has 0 heterocycles. The first-order valence-electron chi connectivity index (χ1n) is 5.51. The molecule has 3 heteroatoms. The number of hydrogen-bond acceptors (Lipinski definition) is 1. The average Bonchev–Trinajstić information content (AvgIpc) is 2.14. The lowest BCUT2D eigenvalue weighted by atomic mass is 9.88. The Morgan fingerprint density at radius 2 is 2.06 bits per heavy atom. The first kappa shape index (κ1) is 14.0. The topological polar surface area (TPSA) is 20.2 Å². The molecule has 0 fully saturated rings. The van der Waals surface area contributed by atoms with Crippen LogP contribution in [0, 0.1) is 5.92 Å². The highest BCUT2D eigenvalue weighted by Crippen LogP contribution is 2.34. The van der Waals surface area contributed by atoms with E-state index in [4.69, 9.17) is 11.6 Å². The Morgan fingerprint density at radius 1 is 1.44 bits per heavy atom. The van der Waals surface area contributed by atoms with Crippen LogP contribution in [0.1, 0.15) is 39.2 Å². The van der Waals surface area contributed by atoms with Crippen LogP contribution in [-0.4, -0.2) is 5.11 Å². The molecule has 1 nitrogen and oxygen atoms in total. The fraction of sp³-hybridized carbons (Fsp3) is 0.538. The Balaban J connectivity index is 2.88. The van der Waals surface area contributed by atoms with Crippen molar-refractivity contribution in [1.82, 2.24) is 0 Å². The summed E-state index contributed by atoms with van der Waals surface area (Å²) in [6.07, 6.45) is 1.71. The summed E-state index contributed by atoms with van der Waals surface area (Å²) in [4.78, 5) is 0. The van der Waals surface area contributed by atoms with Crippen LogP contribution < -0.4 is 0 Å². The normalized spacial score (nSPS) is 15.2. The van der Waals surface area contributed by atoms with E-state index in [1.54, 1.807) is 0 Å². The predicted octanol–water partition coefficient (Wildman–Crippen LogP) is 4.75. The average molecular weight is 306 g/mol. The Morgan fingerprint density at radius 3 is 2.56 bits per heavy atom. The van der Waals surface area contributed by atoms with Crippen molar-refractivity contribution >= 4 is 27.5 Å². The van der Waals surface area contributed by atoms with Crippen LogP contribution in [0.25, 0.3) is 0 Å². The van der Waals surface area contributed by atoms with E-state index >= 15 is 0 Å². The zero-order valence-electron chi connectivity index (χ0n) is 9.93. The molecule has 16 heavy (non-hydrogen) atoms. The molecule has 1 N–H and O–H groups in total. The molecule has 0 saturated heterocycles. The van der Waals surface area contributed by atoms with Crippen molar-refractivity contribution in [1.29, 1.82) is 0 Å². The van der Waals surface area contributed by atoms with Crippen LogP contribution in [0.5, 0.6) is 0 Å². The van der Waals surface area contributed by atoms with Crippen molar-refractivity contribution in [3.05, 3.63) is 33.3 Å². The van der Waals surface area contributed by atoms with Gasteiger partial charge in [0.15, 0.2) is 0 Å². The third kappa shape index (κ3) is 3.76. The standard InChI is InChI=1S/C13H18BrClO/c1-9(2)6-7-13(3,16)11-5-4-10(14)8-12(11)15/h4-5,8-9,16H,6-7H2,1-3H3. The molecule has 0 spiro atoms. The second-order valence-corrected chi connectivity index (χ2v) is 6.15. The van der Waals surface area contributed by atoms with E-state index in [-0.39, 0.29) is 0 Å². The van der Waals surface area contributed by atoms with Crippen LogP contribution in [0.4, 0.5) is 0 Å². The summed E-state index contributed by atoms with van der Waals surface area (Å²) in [5, 5.41) is 11.0. The Kier molecular flexibility index (Phi) is 4.84. The molecule has 1 aromatic rings. The lowest BCUT2D eigenvalue weighted by molar-refractivity contribution is 0.0421. The molecule has 0 saturated carbocycles. The highest BCUT2D eigenvalue weighted by atomic mass is 79.9. The minimum atomic E-state index is -0.845. The zero-order valence-corrected chi connectivity index (χ0v) is 12.3. The molecule has 0 amide bonds. The van der Waals surface area contributed by atoms with Crippen molar-refractivity contribution in [2.75, 3.05) is 0 Å². The number of halogens is 2. The molecule has 1 atom stereocenters. The Bertz CT molecular complexity index is 361. The van der Waals surface area contributed by atoms with Crippen molar-refractivity contribution in [2.45, 2.75) is 39.2 Å². The van der Waals surface area contributed by atoms with Gasteiger partial charge in [-0.25, -0.2) is 0 Å². The van der Waals surface area contributed by atoms with Gasteiger partial charge in [0.05, 0.1) is 5.60 Å². The van der Waals surface area contributed by atoms with Gasteiger partial charge in [-0.2, -0.15) is 0 Å². The van der Waals surface area contributed by atoms with E-state index in [0.29, 0.717) is 10.9 Å².